The summed E-state index contributed by atoms with van der Waals surface area (Å²) in [6, 6.07) is 0. The molecule has 0 fully saturated rings. The van der Waals surface area contributed by atoms with E-state index in [-0.39, 0.29) is 5.38 Å². The first-order chi connectivity index (χ1) is 6.68. The number of H-pyrrole nitrogens is 1. The molecule has 0 radical (unpaired) electrons. The Labute approximate surface area is 85.5 Å². The minimum absolute atomic E-state index is 0.254. The number of aromatic amines is 1. The lowest BCUT2D eigenvalue weighted by Gasteiger charge is -1.90. The first-order valence-electron chi connectivity index (χ1n) is 4.16. The van der Waals surface area contributed by atoms with Crippen LogP contribution < -0.4 is 0 Å². The van der Waals surface area contributed by atoms with Crippen molar-refractivity contribution in [3.8, 4) is 11.6 Å². The van der Waals surface area contributed by atoms with E-state index in [0.717, 1.165) is 11.3 Å². The topological polar surface area (TPSA) is 67.6 Å². The van der Waals surface area contributed by atoms with Crippen molar-refractivity contribution in [3.05, 3.63) is 17.6 Å². The molecule has 1 N–H and O–H groups in total. The van der Waals surface area contributed by atoms with E-state index in [0.29, 0.717) is 11.7 Å². The van der Waals surface area contributed by atoms with Gasteiger partial charge in [0.2, 0.25) is 0 Å². The first-order valence-corrected chi connectivity index (χ1v) is 4.60. The van der Waals surface area contributed by atoms with Gasteiger partial charge in [0.1, 0.15) is 5.69 Å². The maximum atomic E-state index is 5.81. The number of aryl methyl sites for hydroxylation is 1. The second kappa shape index (κ2) is 3.42. The highest BCUT2D eigenvalue weighted by molar-refractivity contribution is 6.20. The molecule has 0 aliphatic heterocycles. The third-order valence-electron chi connectivity index (χ3n) is 1.84. The summed E-state index contributed by atoms with van der Waals surface area (Å²) in [7, 11) is 0. The summed E-state index contributed by atoms with van der Waals surface area (Å²) in [5.74, 6) is 0.901. The van der Waals surface area contributed by atoms with Crippen molar-refractivity contribution in [1.29, 1.82) is 0 Å². The molecule has 0 aliphatic rings. The molecule has 0 saturated carbocycles. The monoisotopic (exact) mass is 212 g/mol. The third-order valence-corrected chi connectivity index (χ3v) is 2.04. The van der Waals surface area contributed by atoms with Crippen LogP contribution >= 0.6 is 11.6 Å². The maximum Gasteiger partial charge on any atom is 0.276 e. The Hall–Kier alpha value is -1.36. The second-order valence-corrected chi connectivity index (χ2v) is 3.66. The molecule has 0 amide bonds. The van der Waals surface area contributed by atoms with Gasteiger partial charge in [0.25, 0.3) is 5.89 Å². The summed E-state index contributed by atoms with van der Waals surface area (Å²) in [4.78, 5) is 4.13. The largest absolute Gasteiger partial charge is 0.332 e. The van der Waals surface area contributed by atoms with Crippen molar-refractivity contribution in [1.82, 2.24) is 20.3 Å². The average molecular weight is 213 g/mol. The smallest absolute Gasteiger partial charge is 0.276 e. The zero-order valence-electron chi connectivity index (χ0n) is 7.78. The van der Waals surface area contributed by atoms with Crippen molar-refractivity contribution in [2.24, 2.45) is 0 Å². The number of nitrogens with one attached hydrogen (secondary N) is 1. The maximum absolute atomic E-state index is 5.81. The van der Waals surface area contributed by atoms with E-state index in [2.05, 4.69) is 20.3 Å². The Morgan fingerprint density at radius 2 is 2.36 bits per heavy atom. The van der Waals surface area contributed by atoms with Crippen LogP contribution in [-0.2, 0) is 0 Å². The predicted octanol–water partition coefficient (Wildman–Crippen LogP) is 2.07. The van der Waals surface area contributed by atoms with E-state index in [1.165, 1.54) is 0 Å². The normalized spacial score (nSPS) is 13.1. The molecule has 2 heterocycles. The van der Waals surface area contributed by atoms with E-state index in [1.54, 1.807) is 13.1 Å². The van der Waals surface area contributed by atoms with Crippen molar-refractivity contribution in [2.45, 2.75) is 19.2 Å². The molecule has 74 valence electrons. The predicted molar refractivity (Wildman–Crippen MR) is 50.9 cm³/mol. The minimum atomic E-state index is -0.254. The van der Waals surface area contributed by atoms with Crippen LogP contribution in [-0.4, -0.2) is 20.3 Å². The van der Waals surface area contributed by atoms with Gasteiger partial charge >= 0.3 is 0 Å². The molecular formula is C8H9ClN4O. The third kappa shape index (κ3) is 1.50. The number of nitrogens with zero attached hydrogens (tertiary/aromatic N) is 3. The van der Waals surface area contributed by atoms with E-state index in [9.17, 15) is 0 Å². The quantitative estimate of drug-likeness (QED) is 0.774. The van der Waals surface area contributed by atoms with Crippen LogP contribution in [0.15, 0.2) is 10.7 Å². The summed E-state index contributed by atoms with van der Waals surface area (Å²) in [5.41, 5.74) is 1.70. The van der Waals surface area contributed by atoms with E-state index >= 15 is 0 Å². The van der Waals surface area contributed by atoms with Gasteiger partial charge in [0, 0.05) is 0 Å². The second-order valence-electron chi connectivity index (χ2n) is 3.00. The summed E-state index contributed by atoms with van der Waals surface area (Å²) in [6.07, 6.45) is 1.70. The number of hydrogen-bond acceptors (Lipinski definition) is 4. The molecule has 0 spiro atoms. The van der Waals surface area contributed by atoms with Gasteiger partial charge in [-0.05, 0) is 19.4 Å². The number of rotatable bonds is 2. The molecule has 14 heavy (non-hydrogen) atoms. The van der Waals surface area contributed by atoms with Crippen LogP contribution in [0.5, 0.6) is 0 Å². The van der Waals surface area contributed by atoms with Gasteiger partial charge < -0.3 is 4.52 Å². The van der Waals surface area contributed by atoms with Gasteiger partial charge in [0.05, 0.1) is 11.6 Å². The molecule has 6 heteroatoms. The van der Waals surface area contributed by atoms with Crippen LogP contribution in [0.4, 0.5) is 0 Å². The molecule has 2 aromatic heterocycles. The molecule has 1 atom stereocenters. The van der Waals surface area contributed by atoms with E-state index < -0.39 is 0 Å². The fourth-order valence-corrected chi connectivity index (χ4v) is 1.15. The van der Waals surface area contributed by atoms with Crippen molar-refractivity contribution in [3.63, 3.8) is 0 Å². The van der Waals surface area contributed by atoms with Crippen LogP contribution in [0.1, 0.15) is 23.7 Å². The molecule has 0 aliphatic carbocycles. The SMILES string of the molecule is Cc1cn[nH]c1-c1nc(C(C)Cl)no1. The van der Waals surface area contributed by atoms with Gasteiger partial charge in [-0.3, -0.25) is 5.10 Å². The lowest BCUT2D eigenvalue weighted by Crippen LogP contribution is -1.87. The highest BCUT2D eigenvalue weighted by atomic mass is 35.5. The standard InChI is InChI=1S/C8H9ClN4O/c1-4-3-10-12-6(4)8-11-7(5(2)9)13-14-8/h3,5H,1-2H3,(H,10,12). The molecule has 0 aromatic carbocycles. The molecule has 0 saturated heterocycles. The van der Waals surface area contributed by atoms with Gasteiger partial charge in [-0.25, -0.2) is 0 Å². The average Bonchev–Trinajstić information content (AvgIpc) is 2.71. The lowest BCUT2D eigenvalue weighted by molar-refractivity contribution is 0.421. The highest BCUT2D eigenvalue weighted by Gasteiger charge is 2.15. The number of hydrogen-bond donors (Lipinski definition) is 1. The van der Waals surface area contributed by atoms with Crippen LogP contribution in [0.3, 0.4) is 0 Å². The fourth-order valence-electron chi connectivity index (χ4n) is 1.06. The van der Waals surface area contributed by atoms with Gasteiger partial charge in [-0.2, -0.15) is 10.1 Å². The summed E-state index contributed by atoms with van der Waals surface area (Å²) < 4.78 is 5.03. The van der Waals surface area contributed by atoms with Crippen LogP contribution in [0, 0.1) is 6.92 Å². The molecule has 2 aromatic rings. The van der Waals surface area contributed by atoms with Crippen molar-refractivity contribution >= 4 is 11.6 Å². The molecule has 5 nitrogen and oxygen atoms in total. The van der Waals surface area contributed by atoms with E-state index in [1.807, 2.05) is 6.92 Å². The Morgan fingerprint density at radius 1 is 1.57 bits per heavy atom. The first kappa shape index (κ1) is 9.21. The minimum Gasteiger partial charge on any atom is -0.332 e. The fraction of sp³-hybridized carbons (Fsp3) is 0.375. The van der Waals surface area contributed by atoms with Crippen LogP contribution in [0.25, 0.3) is 11.6 Å². The zero-order chi connectivity index (χ0) is 10.1. The summed E-state index contributed by atoms with van der Waals surface area (Å²) >= 11 is 5.81. The Bertz CT molecular complexity index is 434. The number of halogens is 1. The van der Waals surface area contributed by atoms with Crippen LogP contribution in [0.2, 0.25) is 0 Å². The van der Waals surface area contributed by atoms with Crippen molar-refractivity contribution in [2.75, 3.05) is 0 Å². The van der Waals surface area contributed by atoms with Crippen molar-refractivity contribution < 1.29 is 4.52 Å². The Morgan fingerprint density at radius 3 is 2.86 bits per heavy atom. The molecule has 1 unspecified atom stereocenters. The Balaban J connectivity index is 2.39. The summed E-state index contributed by atoms with van der Waals surface area (Å²) in [6.45, 7) is 3.70. The van der Waals surface area contributed by atoms with E-state index in [4.69, 9.17) is 16.1 Å². The highest BCUT2D eigenvalue weighted by Crippen LogP contribution is 2.22. The lowest BCUT2D eigenvalue weighted by atomic mass is 10.3. The molecule has 2 rings (SSSR count). The number of aromatic nitrogens is 4. The summed E-state index contributed by atoms with van der Waals surface area (Å²) in [5, 5.41) is 10.1. The van der Waals surface area contributed by atoms with Gasteiger partial charge in [-0.15, -0.1) is 11.6 Å². The Kier molecular flexibility index (Phi) is 2.25. The van der Waals surface area contributed by atoms with Gasteiger partial charge in [-0.1, -0.05) is 5.16 Å². The van der Waals surface area contributed by atoms with Gasteiger partial charge in [0.15, 0.2) is 5.82 Å². The zero-order valence-corrected chi connectivity index (χ0v) is 8.54. The molecular weight excluding hydrogens is 204 g/mol. The number of alkyl halides is 1. The molecule has 0 bridgehead atoms.